The molecule has 0 aliphatic carbocycles. The number of hydrogen-bond acceptors (Lipinski definition) is 3. The van der Waals surface area contributed by atoms with Crippen molar-refractivity contribution in [3.63, 3.8) is 0 Å². The molecule has 0 fully saturated rings. The lowest BCUT2D eigenvalue weighted by Gasteiger charge is -2.18. The lowest BCUT2D eigenvalue weighted by molar-refractivity contribution is -0.120. The monoisotopic (exact) mass is 315 g/mol. The van der Waals surface area contributed by atoms with Gasteiger partial charge in [-0.3, -0.25) is 4.79 Å². The van der Waals surface area contributed by atoms with E-state index < -0.39 is 0 Å². The van der Waals surface area contributed by atoms with Gasteiger partial charge in [-0.1, -0.05) is 36.4 Å². The van der Waals surface area contributed by atoms with Gasteiger partial charge in [-0.25, -0.2) is 0 Å². The Hall–Kier alpha value is -1.94. The zero-order valence-electron chi connectivity index (χ0n) is 13.1. The van der Waals surface area contributed by atoms with Crippen LogP contribution in [0.1, 0.15) is 25.5 Å². The number of carbonyl (C=O) groups excluding carboxylic acids is 1. The molecule has 1 amide bonds. The highest BCUT2D eigenvalue weighted by atomic mass is 32.2. The summed E-state index contributed by atoms with van der Waals surface area (Å²) in [5, 5.41) is 2.89. The third-order valence-corrected chi connectivity index (χ3v) is 4.48. The maximum atomic E-state index is 12.3. The average molecular weight is 315 g/mol. The topological polar surface area (TPSA) is 38.3 Å². The summed E-state index contributed by atoms with van der Waals surface area (Å²) in [4.78, 5) is 13.3. The van der Waals surface area contributed by atoms with Crippen LogP contribution in [0.5, 0.6) is 5.75 Å². The molecule has 0 aliphatic heterocycles. The van der Waals surface area contributed by atoms with Gasteiger partial charge < -0.3 is 10.1 Å². The standard InChI is InChI=1S/C18H21NO2S/c1-13(15-8-5-4-6-9-15)19-18(20)14(2)22-17-11-7-10-16(12-17)21-3/h4-14H,1-3H3,(H,19,20). The van der Waals surface area contributed by atoms with Gasteiger partial charge in [-0.2, -0.15) is 0 Å². The molecule has 0 saturated carbocycles. The molecule has 0 radical (unpaired) electrons. The molecule has 2 unspecified atom stereocenters. The summed E-state index contributed by atoms with van der Waals surface area (Å²) in [5.74, 6) is 0.833. The molecular formula is C18H21NO2S. The van der Waals surface area contributed by atoms with Gasteiger partial charge in [0.05, 0.1) is 18.4 Å². The summed E-state index contributed by atoms with van der Waals surface area (Å²) >= 11 is 1.53. The highest BCUT2D eigenvalue weighted by Gasteiger charge is 2.17. The minimum atomic E-state index is -0.168. The number of carbonyl (C=O) groups is 1. The van der Waals surface area contributed by atoms with E-state index in [1.807, 2.05) is 68.4 Å². The van der Waals surface area contributed by atoms with Crippen molar-refractivity contribution in [3.8, 4) is 5.75 Å². The van der Waals surface area contributed by atoms with E-state index in [0.29, 0.717) is 0 Å². The first kappa shape index (κ1) is 16.4. The summed E-state index contributed by atoms with van der Waals surface area (Å²) in [6.07, 6.45) is 0. The molecule has 0 heterocycles. The number of methoxy groups -OCH3 is 1. The second-order valence-corrected chi connectivity index (χ2v) is 6.49. The van der Waals surface area contributed by atoms with Crippen molar-refractivity contribution >= 4 is 17.7 Å². The molecule has 2 atom stereocenters. The molecule has 0 aromatic heterocycles. The second kappa shape index (κ2) is 7.90. The fraction of sp³-hybridized carbons (Fsp3) is 0.278. The predicted molar refractivity (Wildman–Crippen MR) is 91.3 cm³/mol. The highest BCUT2D eigenvalue weighted by Crippen LogP contribution is 2.27. The zero-order valence-corrected chi connectivity index (χ0v) is 13.9. The Labute approximate surface area is 136 Å². The molecule has 0 spiro atoms. The van der Waals surface area contributed by atoms with Crippen LogP contribution in [0.2, 0.25) is 0 Å². The Morgan fingerprint density at radius 1 is 1.09 bits per heavy atom. The Balaban J connectivity index is 1.94. The van der Waals surface area contributed by atoms with Crippen LogP contribution < -0.4 is 10.1 Å². The van der Waals surface area contributed by atoms with Crippen LogP contribution in [-0.4, -0.2) is 18.3 Å². The van der Waals surface area contributed by atoms with E-state index in [1.54, 1.807) is 7.11 Å². The van der Waals surface area contributed by atoms with Crippen LogP contribution >= 0.6 is 11.8 Å². The molecule has 2 aromatic rings. The first-order valence-corrected chi connectivity index (χ1v) is 8.14. The van der Waals surface area contributed by atoms with E-state index in [2.05, 4.69) is 5.32 Å². The molecule has 22 heavy (non-hydrogen) atoms. The van der Waals surface area contributed by atoms with Gasteiger partial charge in [0.25, 0.3) is 0 Å². The summed E-state index contributed by atoms with van der Waals surface area (Å²) in [5.41, 5.74) is 1.11. The molecule has 0 saturated heterocycles. The predicted octanol–water partition coefficient (Wildman–Crippen LogP) is 4.05. The molecule has 2 rings (SSSR count). The van der Waals surface area contributed by atoms with E-state index in [-0.39, 0.29) is 17.2 Å². The molecule has 0 aliphatic rings. The third kappa shape index (κ3) is 4.53. The summed E-state index contributed by atoms with van der Waals surface area (Å²) in [6.45, 7) is 3.91. The van der Waals surface area contributed by atoms with Crippen molar-refractivity contribution in [1.29, 1.82) is 0 Å². The Bertz CT molecular complexity index is 615. The van der Waals surface area contributed by atoms with Crippen LogP contribution in [0, 0.1) is 0 Å². The minimum Gasteiger partial charge on any atom is -0.497 e. The number of ether oxygens (including phenoxy) is 1. The van der Waals surface area contributed by atoms with Gasteiger partial charge in [-0.15, -0.1) is 11.8 Å². The first-order chi connectivity index (χ1) is 10.6. The van der Waals surface area contributed by atoms with E-state index in [4.69, 9.17) is 4.74 Å². The Morgan fingerprint density at radius 2 is 1.82 bits per heavy atom. The molecular weight excluding hydrogens is 294 g/mol. The minimum absolute atomic E-state index is 0.00191. The van der Waals surface area contributed by atoms with Crippen LogP contribution in [0.15, 0.2) is 59.5 Å². The van der Waals surface area contributed by atoms with Gasteiger partial charge in [0, 0.05) is 4.90 Å². The molecule has 1 N–H and O–H groups in total. The van der Waals surface area contributed by atoms with Crippen LogP contribution in [0.25, 0.3) is 0 Å². The number of amides is 1. The molecule has 116 valence electrons. The normalized spacial score (nSPS) is 13.2. The fourth-order valence-electron chi connectivity index (χ4n) is 2.09. The van der Waals surface area contributed by atoms with Crippen LogP contribution in [0.3, 0.4) is 0 Å². The number of benzene rings is 2. The molecule has 4 heteroatoms. The quantitative estimate of drug-likeness (QED) is 0.817. The maximum Gasteiger partial charge on any atom is 0.233 e. The molecule has 0 bridgehead atoms. The van der Waals surface area contributed by atoms with E-state index in [0.717, 1.165) is 16.2 Å². The number of rotatable bonds is 6. The lowest BCUT2D eigenvalue weighted by Crippen LogP contribution is -2.33. The molecule has 3 nitrogen and oxygen atoms in total. The van der Waals surface area contributed by atoms with Crippen molar-refractivity contribution in [2.45, 2.75) is 30.0 Å². The van der Waals surface area contributed by atoms with Crippen molar-refractivity contribution in [3.05, 3.63) is 60.2 Å². The van der Waals surface area contributed by atoms with Crippen LogP contribution in [-0.2, 0) is 4.79 Å². The van der Waals surface area contributed by atoms with E-state index in [1.165, 1.54) is 11.8 Å². The second-order valence-electron chi connectivity index (χ2n) is 5.08. The van der Waals surface area contributed by atoms with Gasteiger partial charge in [0.15, 0.2) is 0 Å². The Kier molecular flexibility index (Phi) is 5.90. The summed E-state index contributed by atoms with van der Waals surface area (Å²) in [7, 11) is 1.64. The fourth-order valence-corrected chi connectivity index (χ4v) is 3.01. The Morgan fingerprint density at radius 3 is 2.50 bits per heavy atom. The average Bonchev–Trinajstić information content (AvgIpc) is 2.55. The van der Waals surface area contributed by atoms with Gasteiger partial charge >= 0.3 is 0 Å². The zero-order chi connectivity index (χ0) is 15.9. The largest absolute Gasteiger partial charge is 0.497 e. The molecule has 2 aromatic carbocycles. The number of hydrogen-bond donors (Lipinski definition) is 1. The van der Waals surface area contributed by atoms with Gasteiger partial charge in [-0.05, 0) is 37.6 Å². The smallest absolute Gasteiger partial charge is 0.233 e. The van der Waals surface area contributed by atoms with Crippen LogP contribution in [0.4, 0.5) is 0 Å². The van der Waals surface area contributed by atoms with E-state index in [9.17, 15) is 4.79 Å². The van der Waals surface area contributed by atoms with Gasteiger partial charge in [0.1, 0.15) is 5.75 Å². The van der Waals surface area contributed by atoms with Crippen molar-refractivity contribution < 1.29 is 9.53 Å². The van der Waals surface area contributed by atoms with E-state index >= 15 is 0 Å². The number of nitrogens with one attached hydrogen (secondary N) is 1. The SMILES string of the molecule is COc1cccc(SC(C)C(=O)NC(C)c2ccccc2)c1. The first-order valence-electron chi connectivity index (χ1n) is 7.26. The maximum absolute atomic E-state index is 12.3. The summed E-state index contributed by atoms with van der Waals surface area (Å²) < 4.78 is 5.21. The number of thioether (sulfide) groups is 1. The van der Waals surface area contributed by atoms with Gasteiger partial charge in [0.2, 0.25) is 5.91 Å². The van der Waals surface area contributed by atoms with Crippen molar-refractivity contribution in [2.24, 2.45) is 0 Å². The van der Waals surface area contributed by atoms with Crippen molar-refractivity contribution in [1.82, 2.24) is 5.32 Å². The summed E-state index contributed by atoms with van der Waals surface area (Å²) in [6, 6.07) is 17.7. The third-order valence-electron chi connectivity index (χ3n) is 3.38. The van der Waals surface area contributed by atoms with Crippen molar-refractivity contribution in [2.75, 3.05) is 7.11 Å². The highest BCUT2D eigenvalue weighted by molar-refractivity contribution is 8.00. The lowest BCUT2D eigenvalue weighted by atomic mass is 10.1.